The fourth-order valence-corrected chi connectivity index (χ4v) is 4.56. The molecule has 1 aliphatic rings. The highest BCUT2D eigenvalue weighted by molar-refractivity contribution is 5.84. The lowest BCUT2D eigenvalue weighted by atomic mass is 9.71. The second-order valence-electron chi connectivity index (χ2n) is 9.96. The van der Waals surface area contributed by atoms with Gasteiger partial charge in [0.25, 0.3) is 0 Å². The minimum atomic E-state index is 0.0859. The lowest BCUT2D eigenvalue weighted by molar-refractivity contribution is 0.526. The van der Waals surface area contributed by atoms with Crippen LogP contribution < -0.4 is 4.90 Å². The van der Waals surface area contributed by atoms with Crippen molar-refractivity contribution in [3.8, 4) is 0 Å². The van der Waals surface area contributed by atoms with Crippen LogP contribution in [0.1, 0.15) is 63.8 Å². The van der Waals surface area contributed by atoms with E-state index >= 15 is 0 Å². The molecule has 144 valence electrons. The largest absolute Gasteiger partial charge is 0.310 e. The summed E-state index contributed by atoms with van der Waals surface area (Å²) in [6, 6.07) is 24.3. The van der Waals surface area contributed by atoms with Gasteiger partial charge >= 0.3 is 0 Å². The van der Waals surface area contributed by atoms with E-state index in [1.807, 2.05) is 0 Å². The van der Waals surface area contributed by atoms with Gasteiger partial charge in [0.15, 0.2) is 0 Å². The SMILES string of the molecule is CC(C)(C)c1ccc2c(c1C(C)(C)C)Cc1ccccc1N2c1ccccc1. The summed E-state index contributed by atoms with van der Waals surface area (Å²) in [5, 5.41) is 0. The first kappa shape index (κ1) is 18.8. The van der Waals surface area contributed by atoms with Gasteiger partial charge in [-0.2, -0.15) is 0 Å². The molecule has 1 heteroatoms. The Balaban J connectivity index is 2.05. The van der Waals surface area contributed by atoms with Crippen LogP contribution in [0.3, 0.4) is 0 Å². The molecule has 3 aromatic carbocycles. The number of hydrogen-bond donors (Lipinski definition) is 0. The summed E-state index contributed by atoms with van der Waals surface area (Å²) in [7, 11) is 0. The highest BCUT2D eigenvalue weighted by Gasteiger charge is 2.33. The van der Waals surface area contributed by atoms with Gasteiger partial charge in [0.1, 0.15) is 0 Å². The number of nitrogens with zero attached hydrogens (tertiary/aromatic N) is 1. The van der Waals surface area contributed by atoms with Crippen LogP contribution in [0.5, 0.6) is 0 Å². The van der Waals surface area contributed by atoms with E-state index in [0.717, 1.165) is 6.42 Å². The van der Waals surface area contributed by atoms with Crippen LogP contribution in [0.4, 0.5) is 17.1 Å². The summed E-state index contributed by atoms with van der Waals surface area (Å²) in [5.41, 5.74) is 9.89. The molecule has 0 N–H and O–H groups in total. The molecule has 0 spiro atoms. The fraction of sp³-hybridized carbons (Fsp3) is 0.333. The van der Waals surface area contributed by atoms with Crippen molar-refractivity contribution in [1.29, 1.82) is 0 Å². The van der Waals surface area contributed by atoms with E-state index in [1.165, 1.54) is 39.3 Å². The normalized spacial score (nSPS) is 13.9. The Bertz CT molecular complexity index is 1000. The van der Waals surface area contributed by atoms with E-state index in [2.05, 4.69) is 113 Å². The van der Waals surface area contributed by atoms with Gasteiger partial charge in [0, 0.05) is 23.5 Å². The van der Waals surface area contributed by atoms with Crippen LogP contribution in [0.25, 0.3) is 0 Å². The van der Waals surface area contributed by atoms with Crippen LogP contribution in [-0.2, 0) is 17.3 Å². The Labute approximate surface area is 170 Å². The number of benzene rings is 3. The van der Waals surface area contributed by atoms with Gasteiger partial charge in [-0.25, -0.2) is 0 Å². The van der Waals surface area contributed by atoms with Crippen molar-refractivity contribution in [2.75, 3.05) is 4.90 Å². The zero-order chi connectivity index (χ0) is 20.1. The van der Waals surface area contributed by atoms with Crippen LogP contribution in [0.2, 0.25) is 0 Å². The summed E-state index contributed by atoms with van der Waals surface area (Å²) in [6.45, 7) is 14.0. The highest BCUT2D eigenvalue weighted by atomic mass is 15.2. The molecule has 0 aromatic heterocycles. The van der Waals surface area contributed by atoms with Gasteiger partial charge in [-0.15, -0.1) is 0 Å². The first-order valence-electron chi connectivity index (χ1n) is 10.3. The Kier molecular flexibility index (Phi) is 4.38. The summed E-state index contributed by atoms with van der Waals surface area (Å²) in [4.78, 5) is 2.44. The molecule has 0 bridgehead atoms. The third-order valence-electron chi connectivity index (χ3n) is 5.70. The maximum atomic E-state index is 2.44. The molecule has 28 heavy (non-hydrogen) atoms. The fourth-order valence-electron chi connectivity index (χ4n) is 4.56. The maximum Gasteiger partial charge on any atom is 0.0500 e. The van der Waals surface area contributed by atoms with Crippen molar-refractivity contribution in [2.24, 2.45) is 0 Å². The summed E-state index contributed by atoms with van der Waals surface area (Å²) >= 11 is 0. The first-order chi connectivity index (χ1) is 13.2. The molecule has 0 amide bonds. The van der Waals surface area contributed by atoms with Gasteiger partial charge in [0.2, 0.25) is 0 Å². The van der Waals surface area contributed by atoms with E-state index < -0.39 is 0 Å². The molecule has 3 aromatic rings. The molecule has 4 rings (SSSR count). The van der Waals surface area contributed by atoms with E-state index in [0.29, 0.717) is 0 Å². The van der Waals surface area contributed by atoms with Crippen molar-refractivity contribution in [3.63, 3.8) is 0 Å². The summed E-state index contributed by atoms with van der Waals surface area (Å²) < 4.78 is 0. The van der Waals surface area contributed by atoms with Crippen molar-refractivity contribution in [2.45, 2.75) is 58.8 Å². The average Bonchev–Trinajstić information content (AvgIpc) is 2.64. The highest BCUT2D eigenvalue weighted by Crippen LogP contribution is 2.48. The van der Waals surface area contributed by atoms with E-state index in [-0.39, 0.29) is 10.8 Å². The standard InChI is InChI=1S/C27H31N/c1-26(2,3)22-16-17-24-21(25(22)27(4,5)6)18-19-12-10-11-15-23(19)28(24)20-13-8-7-9-14-20/h7-17H,18H2,1-6H3. The minimum Gasteiger partial charge on any atom is -0.310 e. The summed E-state index contributed by atoms with van der Waals surface area (Å²) in [6.07, 6.45) is 0.991. The smallest absolute Gasteiger partial charge is 0.0500 e. The average molecular weight is 370 g/mol. The van der Waals surface area contributed by atoms with Crippen LogP contribution >= 0.6 is 0 Å². The Morgan fingerprint density at radius 3 is 1.93 bits per heavy atom. The molecule has 0 saturated heterocycles. The molecule has 0 radical (unpaired) electrons. The minimum absolute atomic E-state index is 0.0859. The van der Waals surface area contributed by atoms with Crippen LogP contribution in [0, 0.1) is 0 Å². The zero-order valence-electron chi connectivity index (χ0n) is 18.0. The molecular weight excluding hydrogens is 338 g/mol. The quantitative estimate of drug-likeness (QED) is 0.333. The Morgan fingerprint density at radius 1 is 0.643 bits per heavy atom. The molecule has 0 aliphatic carbocycles. The third kappa shape index (κ3) is 3.13. The van der Waals surface area contributed by atoms with Gasteiger partial charge in [-0.3, -0.25) is 0 Å². The number of para-hydroxylation sites is 2. The van der Waals surface area contributed by atoms with Crippen molar-refractivity contribution in [1.82, 2.24) is 0 Å². The van der Waals surface area contributed by atoms with E-state index in [9.17, 15) is 0 Å². The number of fused-ring (bicyclic) bond motifs is 2. The van der Waals surface area contributed by atoms with Crippen molar-refractivity contribution in [3.05, 3.63) is 89.0 Å². The van der Waals surface area contributed by atoms with Crippen molar-refractivity contribution < 1.29 is 0 Å². The predicted molar refractivity (Wildman–Crippen MR) is 121 cm³/mol. The number of rotatable bonds is 1. The molecule has 0 atom stereocenters. The Hall–Kier alpha value is -2.54. The van der Waals surface area contributed by atoms with Gasteiger partial charge in [-0.05, 0) is 57.3 Å². The van der Waals surface area contributed by atoms with Gasteiger partial charge in [0.05, 0.1) is 0 Å². The molecule has 1 heterocycles. The van der Waals surface area contributed by atoms with Crippen LogP contribution in [0.15, 0.2) is 66.7 Å². The van der Waals surface area contributed by atoms with E-state index in [4.69, 9.17) is 0 Å². The Morgan fingerprint density at radius 2 is 1.29 bits per heavy atom. The molecular formula is C27H31N. The molecule has 0 unspecified atom stereocenters. The van der Waals surface area contributed by atoms with E-state index in [1.54, 1.807) is 0 Å². The number of anilines is 3. The topological polar surface area (TPSA) is 3.24 Å². The van der Waals surface area contributed by atoms with Gasteiger partial charge in [-0.1, -0.05) is 84.0 Å². The lowest BCUT2D eigenvalue weighted by Gasteiger charge is -2.39. The van der Waals surface area contributed by atoms with Gasteiger partial charge < -0.3 is 4.90 Å². The monoisotopic (exact) mass is 369 g/mol. The second-order valence-corrected chi connectivity index (χ2v) is 9.96. The van der Waals surface area contributed by atoms with Crippen LogP contribution in [-0.4, -0.2) is 0 Å². The summed E-state index contributed by atoms with van der Waals surface area (Å²) in [5.74, 6) is 0. The molecule has 0 saturated carbocycles. The molecule has 1 nitrogen and oxygen atoms in total. The predicted octanol–water partition coefficient (Wildman–Crippen LogP) is 7.66. The first-order valence-corrected chi connectivity index (χ1v) is 10.3. The lowest BCUT2D eigenvalue weighted by Crippen LogP contribution is -2.28. The second kappa shape index (κ2) is 6.51. The molecule has 0 fully saturated rings. The number of hydrogen-bond acceptors (Lipinski definition) is 1. The molecule has 1 aliphatic heterocycles. The maximum absolute atomic E-state index is 2.44. The third-order valence-corrected chi connectivity index (χ3v) is 5.70. The zero-order valence-corrected chi connectivity index (χ0v) is 18.0. The van der Waals surface area contributed by atoms with Crippen molar-refractivity contribution >= 4 is 17.1 Å².